The number of aromatic nitrogens is 2. The Labute approximate surface area is 101 Å². The molecule has 96 valence electrons. The lowest BCUT2D eigenvalue weighted by molar-refractivity contribution is -0.384. The van der Waals surface area contributed by atoms with Crippen molar-refractivity contribution in [2.24, 2.45) is 0 Å². The number of unbranched alkanes of at least 4 members (excludes halogenated alkanes) is 5. The lowest BCUT2D eigenvalue weighted by Crippen LogP contribution is -2.05. The van der Waals surface area contributed by atoms with Gasteiger partial charge >= 0.3 is 5.69 Å². The minimum absolute atomic E-state index is 0.101. The van der Waals surface area contributed by atoms with Crippen molar-refractivity contribution in [1.29, 1.82) is 0 Å². The summed E-state index contributed by atoms with van der Waals surface area (Å²) < 4.78 is 1.51. The molecule has 0 bridgehead atoms. The van der Waals surface area contributed by atoms with Crippen molar-refractivity contribution >= 4 is 11.5 Å². The number of anilines is 1. The average Bonchev–Trinajstić information content (AvgIpc) is 2.65. The molecule has 0 saturated heterocycles. The van der Waals surface area contributed by atoms with E-state index >= 15 is 0 Å². The number of nitro groups is 1. The Morgan fingerprint density at radius 3 is 2.59 bits per heavy atom. The molecule has 0 saturated carbocycles. The number of nitrogens with zero attached hydrogens (tertiary/aromatic N) is 3. The number of nitrogen functional groups attached to an aromatic ring is 1. The van der Waals surface area contributed by atoms with Gasteiger partial charge in [0.15, 0.2) is 0 Å². The van der Waals surface area contributed by atoms with Gasteiger partial charge in [0.2, 0.25) is 5.82 Å². The van der Waals surface area contributed by atoms with Gasteiger partial charge in [-0.05, 0) is 6.42 Å². The molecule has 1 heterocycles. The van der Waals surface area contributed by atoms with Crippen molar-refractivity contribution in [3.63, 3.8) is 0 Å². The number of hydrogen-bond donors (Lipinski definition) is 1. The normalized spacial score (nSPS) is 10.6. The van der Waals surface area contributed by atoms with Crippen molar-refractivity contribution in [2.45, 2.75) is 52.0 Å². The zero-order valence-electron chi connectivity index (χ0n) is 10.3. The van der Waals surface area contributed by atoms with E-state index in [1.165, 1.54) is 36.6 Å². The Bertz CT molecular complexity index is 362. The van der Waals surface area contributed by atoms with Crippen LogP contribution in [0.25, 0.3) is 0 Å². The summed E-state index contributed by atoms with van der Waals surface area (Å²) in [5.74, 6) is 0.156. The maximum Gasteiger partial charge on any atom is 0.330 e. The van der Waals surface area contributed by atoms with Gasteiger partial charge in [0.05, 0.1) is 4.92 Å². The van der Waals surface area contributed by atoms with Gasteiger partial charge in [-0.25, -0.2) is 4.68 Å². The molecule has 0 spiro atoms. The first-order chi connectivity index (χ1) is 8.16. The van der Waals surface area contributed by atoms with E-state index in [1.54, 1.807) is 0 Å². The van der Waals surface area contributed by atoms with Gasteiger partial charge in [-0.3, -0.25) is 10.1 Å². The van der Waals surface area contributed by atoms with Crippen LogP contribution in [0.1, 0.15) is 45.4 Å². The van der Waals surface area contributed by atoms with Crippen molar-refractivity contribution in [2.75, 3.05) is 5.73 Å². The fourth-order valence-electron chi connectivity index (χ4n) is 1.75. The quantitative estimate of drug-likeness (QED) is 0.430. The standard InChI is InChI=1S/C11H20N4O2/c1-2-3-4-5-6-7-8-14-11(12)10(9-13-14)15(16)17/h9H,2-8,12H2,1H3. The van der Waals surface area contributed by atoms with Gasteiger partial charge in [0, 0.05) is 6.54 Å². The van der Waals surface area contributed by atoms with Crippen LogP contribution in [0.15, 0.2) is 6.20 Å². The Kier molecular flexibility index (Phi) is 5.45. The van der Waals surface area contributed by atoms with E-state index in [-0.39, 0.29) is 11.5 Å². The number of aryl methyl sites for hydroxylation is 1. The van der Waals surface area contributed by atoms with Gasteiger partial charge in [-0.15, -0.1) is 0 Å². The average molecular weight is 240 g/mol. The fraction of sp³-hybridized carbons (Fsp3) is 0.727. The van der Waals surface area contributed by atoms with E-state index in [4.69, 9.17) is 5.73 Å². The van der Waals surface area contributed by atoms with E-state index in [0.29, 0.717) is 6.54 Å². The molecule has 0 unspecified atom stereocenters. The summed E-state index contributed by atoms with van der Waals surface area (Å²) in [6.45, 7) is 2.84. The molecule has 0 fully saturated rings. The molecule has 0 radical (unpaired) electrons. The first-order valence-corrected chi connectivity index (χ1v) is 6.12. The summed E-state index contributed by atoms with van der Waals surface area (Å²) in [6, 6.07) is 0. The third kappa shape index (κ3) is 4.05. The first kappa shape index (κ1) is 13.5. The largest absolute Gasteiger partial charge is 0.378 e. The zero-order valence-corrected chi connectivity index (χ0v) is 10.3. The van der Waals surface area contributed by atoms with E-state index < -0.39 is 4.92 Å². The van der Waals surface area contributed by atoms with Crippen LogP contribution in [0.5, 0.6) is 0 Å². The van der Waals surface area contributed by atoms with Crippen LogP contribution in [-0.2, 0) is 6.54 Å². The predicted molar refractivity (Wildman–Crippen MR) is 66.7 cm³/mol. The highest BCUT2D eigenvalue weighted by atomic mass is 16.6. The minimum Gasteiger partial charge on any atom is -0.378 e. The monoisotopic (exact) mass is 240 g/mol. The van der Waals surface area contributed by atoms with Crippen molar-refractivity contribution in [3.05, 3.63) is 16.3 Å². The van der Waals surface area contributed by atoms with E-state index in [2.05, 4.69) is 12.0 Å². The van der Waals surface area contributed by atoms with Gasteiger partial charge in [-0.1, -0.05) is 39.0 Å². The third-order valence-corrected chi connectivity index (χ3v) is 2.78. The van der Waals surface area contributed by atoms with Crippen LogP contribution in [0.2, 0.25) is 0 Å². The summed E-state index contributed by atoms with van der Waals surface area (Å²) in [5.41, 5.74) is 5.52. The predicted octanol–water partition coefficient (Wildman–Crippen LogP) is 2.73. The molecule has 0 aliphatic carbocycles. The van der Waals surface area contributed by atoms with Crippen LogP contribution in [0, 0.1) is 10.1 Å². The molecule has 1 rings (SSSR count). The molecular weight excluding hydrogens is 220 g/mol. The molecule has 17 heavy (non-hydrogen) atoms. The van der Waals surface area contributed by atoms with E-state index in [1.807, 2.05) is 0 Å². The van der Waals surface area contributed by atoms with Gasteiger partial charge in [0.1, 0.15) is 6.20 Å². The van der Waals surface area contributed by atoms with E-state index in [9.17, 15) is 10.1 Å². The molecule has 0 atom stereocenters. The van der Waals surface area contributed by atoms with Crippen molar-refractivity contribution in [1.82, 2.24) is 9.78 Å². The zero-order chi connectivity index (χ0) is 12.7. The molecule has 0 aliphatic rings. The number of hydrogen-bond acceptors (Lipinski definition) is 4. The second-order valence-corrected chi connectivity index (χ2v) is 4.16. The van der Waals surface area contributed by atoms with Crippen LogP contribution in [-0.4, -0.2) is 14.7 Å². The lowest BCUT2D eigenvalue weighted by atomic mass is 10.1. The van der Waals surface area contributed by atoms with Gasteiger partial charge < -0.3 is 5.73 Å². The van der Waals surface area contributed by atoms with Crippen LogP contribution < -0.4 is 5.73 Å². The maximum atomic E-state index is 10.6. The molecule has 0 aliphatic heterocycles. The minimum atomic E-state index is -0.500. The van der Waals surface area contributed by atoms with Crippen LogP contribution in [0.3, 0.4) is 0 Å². The molecule has 1 aromatic heterocycles. The SMILES string of the molecule is CCCCCCCCn1ncc([N+](=O)[O-])c1N. The van der Waals surface area contributed by atoms with E-state index in [0.717, 1.165) is 12.8 Å². The fourth-order valence-corrected chi connectivity index (χ4v) is 1.75. The number of nitrogens with two attached hydrogens (primary N) is 1. The Morgan fingerprint density at radius 2 is 2.00 bits per heavy atom. The van der Waals surface area contributed by atoms with Crippen molar-refractivity contribution in [3.8, 4) is 0 Å². The molecule has 0 aromatic carbocycles. The van der Waals surface area contributed by atoms with Gasteiger partial charge in [-0.2, -0.15) is 5.10 Å². The highest BCUT2D eigenvalue weighted by molar-refractivity contribution is 5.51. The van der Waals surface area contributed by atoms with Crippen LogP contribution in [0.4, 0.5) is 11.5 Å². The summed E-state index contributed by atoms with van der Waals surface area (Å²) in [5, 5.41) is 14.5. The molecule has 1 aromatic rings. The molecule has 6 nitrogen and oxygen atoms in total. The Morgan fingerprint density at radius 1 is 1.35 bits per heavy atom. The highest BCUT2D eigenvalue weighted by Gasteiger charge is 2.16. The highest BCUT2D eigenvalue weighted by Crippen LogP contribution is 2.20. The summed E-state index contributed by atoms with van der Waals surface area (Å²) >= 11 is 0. The van der Waals surface area contributed by atoms with Crippen molar-refractivity contribution < 1.29 is 4.92 Å². The Balaban J connectivity index is 2.30. The second-order valence-electron chi connectivity index (χ2n) is 4.16. The maximum absolute atomic E-state index is 10.6. The Hall–Kier alpha value is -1.59. The molecule has 2 N–H and O–H groups in total. The summed E-state index contributed by atoms with van der Waals surface area (Å²) in [7, 11) is 0. The lowest BCUT2D eigenvalue weighted by Gasteiger charge is -2.03. The third-order valence-electron chi connectivity index (χ3n) is 2.78. The number of rotatable bonds is 8. The summed E-state index contributed by atoms with van der Waals surface area (Å²) in [6.07, 6.45) is 8.27. The second kappa shape index (κ2) is 6.88. The van der Waals surface area contributed by atoms with Crippen LogP contribution >= 0.6 is 0 Å². The first-order valence-electron chi connectivity index (χ1n) is 6.12. The van der Waals surface area contributed by atoms with Gasteiger partial charge in [0.25, 0.3) is 0 Å². The smallest absolute Gasteiger partial charge is 0.330 e. The topological polar surface area (TPSA) is 87.0 Å². The molecule has 6 heteroatoms. The molecule has 0 amide bonds. The molecular formula is C11H20N4O2. The summed E-state index contributed by atoms with van der Waals surface area (Å²) in [4.78, 5) is 10.1.